The molecule has 2 rings (SSSR count). The van der Waals surface area contributed by atoms with Crippen LogP contribution in [0.5, 0.6) is 5.75 Å². The fourth-order valence-corrected chi connectivity index (χ4v) is 3.26. The van der Waals surface area contributed by atoms with Crippen molar-refractivity contribution in [2.75, 3.05) is 47.1 Å². The zero-order chi connectivity index (χ0) is 19.4. The van der Waals surface area contributed by atoms with E-state index < -0.39 is 0 Å². The van der Waals surface area contributed by atoms with Crippen LogP contribution in [0.1, 0.15) is 38.2 Å². The Balaban J connectivity index is 0.00000392. The summed E-state index contributed by atoms with van der Waals surface area (Å²) >= 11 is 0. The van der Waals surface area contributed by atoms with Crippen molar-refractivity contribution in [1.82, 2.24) is 10.6 Å². The summed E-state index contributed by atoms with van der Waals surface area (Å²) in [6.07, 6.45) is 4.91. The number of aliphatic imine (C=N–C) groups is 1. The van der Waals surface area contributed by atoms with Crippen molar-refractivity contribution in [2.45, 2.75) is 39.2 Å². The minimum Gasteiger partial charge on any atom is -0.497 e. The highest BCUT2D eigenvalue weighted by molar-refractivity contribution is 14.0. The second-order valence-electron chi connectivity index (χ2n) is 7.12. The second kappa shape index (κ2) is 14.0. The maximum atomic E-state index is 5.76. The number of hydrogen-bond donors (Lipinski definition) is 2. The SMILES string of the molecule is CCNC(=NCC1(CCOC)CCC1)NCCOCc1cccc(OC)c1.I. The quantitative estimate of drug-likeness (QED) is 0.197. The van der Waals surface area contributed by atoms with E-state index >= 15 is 0 Å². The lowest BCUT2D eigenvalue weighted by Gasteiger charge is -2.40. The van der Waals surface area contributed by atoms with Gasteiger partial charge in [-0.15, -0.1) is 24.0 Å². The molecule has 0 amide bonds. The summed E-state index contributed by atoms with van der Waals surface area (Å²) in [5.74, 6) is 1.72. The Hall–Kier alpha value is -1.06. The highest BCUT2D eigenvalue weighted by Crippen LogP contribution is 2.44. The molecule has 0 saturated heterocycles. The van der Waals surface area contributed by atoms with Gasteiger partial charge in [0.25, 0.3) is 0 Å². The van der Waals surface area contributed by atoms with Gasteiger partial charge in [0.15, 0.2) is 5.96 Å². The molecular weight excluding hydrogens is 469 g/mol. The molecule has 0 aliphatic heterocycles. The van der Waals surface area contributed by atoms with Gasteiger partial charge in [-0.05, 0) is 49.3 Å². The lowest BCUT2D eigenvalue weighted by atomic mass is 9.67. The molecule has 1 aromatic rings. The number of nitrogens with one attached hydrogen (secondary N) is 2. The van der Waals surface area contributed by atoms with Crippen LogP contribution in [-0.2, 0) is 16.1 Å². The number of ether oxygens (including phenoxy) is 3. The van der Waals surface area contributed by atoms with Crippen LogP contribution in [0, 0.1) is 5.41 Å². The van der Waals surface area contributed by atoms with Gasteiger partial charge >= 0.3 is 0 Å². The Morgan fingerprint density at radius 1 is 1.18 bits per heavy atom. The lowest BCUT2D eigenvalue weighted by Crippen LogP contribution is -2.41. The van der Waals surface area contributed by atoms with E-state index in [9.17, 15) is 0 Å². The summed E-state index contributed by atoms with van der Waals surface area (Å²) in [6.45, 7) is 6.53. The van der Waals surface area contributed by atoms with Crippen LogP contribution in [-0.4, -0.2) is 53.0 Å². The largest absolute Gasteiger partial charge is 0.497 e. The molecule has 1 fully saturated rings. The fourth-order valence-electron chi connectivity index (χ4n) is 3.26. The van der Waals surface area contributed by atoms with Gasteiger partial charge in [0.2, 0.25) is 0 Å². The normalized spacial score (nSPS) is 15.3. The standard InChI is InChI=1S/C21H35N3O3.HI/c1-4-22-20(24-17-21(9-6-10-21)11-13-25-2)23-12-14-27-16-18-7-5-8-19(15-18)26-3;/h5,7-8,15H,4,6,9-14,16-17H2,1-3H3,(H2,22,23,24);1H. The van der Waals surface area contributed by atoms with Gasteiger partial charge in [0.1, 0.15) is 5.75 Å². The number of methoxy groups -OCH3 is 2. The molecule has 1 saturated carbocycles. The molecule has 0 spiro atoms. The second-order valence-corrected chi connectivity index (χ2v) is 7.12. The molecule has 0 radical (unpaired) electrons. The van der Waals surface area contributed by atoms with Crippen LogP contribution in [0.3, 0.4) is 0 Å². The third kappa shape index (κ3) is 8.53. The van der Waals surface area contributed by atoms with E-state index in [0.717, 1.165) is 49.9 Å². The van der Waals surface area contributed by atoms with Crippen molar-refractivity contribution in [2.24, 2.45) is 10.4 Å². The van der Waals surface area contributed by atoms with Crippen LogP contribution in [0.4, 0.5) is 0 Å². The third-order valence-electron chi connectivity index (χ3n) is 5.11. The monoisotopic (exact) mass is 505 g/mol. The van der Waals surface area contributed by atoms with Crippen LogP contribution in [0.25, 0.3) is 0 Å². The molecule has 0 bridgehead atoms. The molecule has 160 valence electrons. The maximum Gasteiger partial charge on any atom is 0.191 e. The molecule has 0 aromatic heterocycles. The number of nitrogens with zero attached hydrogens (tertiary/aromatic N) is 1. The molecule has 6 nitrogen and oxygen atoms in total. The maximum absolute atomic E-state index is 5.76. The molecule has 0 atom stereocenters. The minimum absolute atomic E-state index is 0. The molecule has 0 heterocycles. The van der Waals surface area contributed by atoms with E-state index in [1.165, 1.54) is 19.3 Å². The van der Waals surface area contributed by atoms with E-state index in [2.05, 4.69) is 17.6 Å². The van der Waals surface area contributed by atoms with Gasteiger partial charge in [-0.25, -0.2) is 0 Å². The van der Waals surface area contributed by atoms with Crippen LogP contribution >= 0.6 is 24.0 Å². The number of halogens is 1. The number of hydrogen-bond acceptors (Lipinski definition) is 4. The summed E-state index contributed by atoms with van der Waals surface area (Å²) in [4.78, 5) is 4.81. The van der Waals surface area contributed by atoms with Crippen LogP contribution in [0.15, 0.2) is 29.3 Å². The summed E-state index contributed by atoms with van der Waals surface area (Å²) in [5.41, 5.74) is 1.45. The van der Waals surface area contributed by atoms with Gasteiger partial charge in [0, 0.05) is 33.4 Å². The molecular formula is C21H36IN3O3. The highest BCUT2D eigenvalue weighted by atomic mass is 127. The zero-order valence-electron chi connectivity index (χ0n) is 17.5. The first-order valence-electron chi connectivity index (χ1n) is 9.93. The molecule has 1 aliphatic rings. The number of rotatable bonds is 12. The van der Waals surface area contributed by atoms with Crippen LogP contribution in [0.2, 0.25) is 0 Å². The Morgan fingerprint density at radius 3 is 2.64 bits per heavy atom. The first-order valence-corrected chi connectivity index (χ1v) is 9.93. The molecule has 1 aliphatic carbocycles. The van der Waals surface area contributed by atoms with Gasteiger partial charge in [-0.2, -0.15) is 0 Å². The molecule has 2 N–H and O–H groups in total. The Morgan fingerprint density at radius 2 is 2.00 bits per heavy atom. The average Bonchev–Trinajstić information content (AvgIpc) is 2.66. The summed E-state index contributed by atoms with van der Waals surface area (Å²) in [5, 5.41) is 6.68. The van der Waals surface area contributed by atoms with Gasteiger partial charge in [0.05, 0.1) is 20.3 Å². The summed E-state index contributed by atoms with van der Waals surface area (Å²) < 4.78 is 16.3. The van der Waals surface area contributed by atoms with Crippen molar-refractivity contribution in [3.05, 3.63) is 29.8 Å². The first kappa shape index (κ1) is 25.0. The third-order valence-corrected chi connectivity index (χ3v) is 5.11. The topological polar surface area (TPSA) is 64.1 Å². The smallest absolute Gasteiger partial charge is 0.191 e. The lowest BCUT2D eigenvalue weighted by molar-refractivity contribution is 0.0778. The molecule has 28 heavy (non-hydrogen) atoms. The summed E-state index contributed by atoms with van der Waals surface area (Å²) in [6, 6.07) is 7.95. The fraction of sp³-hybridized carbons (Fsp3) is 0.667. The van der Waals surface area contributed by atoms with Crippen molar-refractivity contribution in [3.8, 4) is 5.75 Å². The van der Waals surface area contributed by atoms with Gasteiger partial charge in [-0.1, -0.05) is 18.6 Å². The van der Waals surface area contributed by atoms with Crippen molar-refractivity contribution in [3.63, 3.8) is 0 Å². The van der Waals surface area contributed by atoms with E-state index in [1.54, 1.807) is 14.2 Å². The van der Waals surface area contributed by atoms with Crippen molar-refractivity contribution >= 4 is 29.9 Å². The predicted molar refractivity (Wildman–Crippen MR) is 125 cm³/mol. The Bertz CT molecular complexity index is 580. The molecule has 0 unspecified atom stereocenters. The molecule has 7 heteroatoms. The van der Waals surface area contributed by atoms with Gasteiger partial charge < -0.3 is 24.8 Å². The first-order chi connectivity index (χ1) is 13.2. The van der Waals surface area contributed by atoms with E-state index in [4.69, 9.17) is 19.2 Å². The Labute approximate surface area is 186 Å². The van der Waals surface area contributed by atoms with Gasteiger partial charge in [-0.3, -0.25) is 4.99 Å². The van der Waals surface area contributed by atoms with Crippen LogP contribution < -0.4 is 15.4 Å². The highest BCUT2D eigenvalue weighted by Gasteiger charge is 2.36. The number of benzene rings is 1. The van der Waals surface area contributed by atoms with E-state index in [-0.39, 0.29) is 24.0 Å². The van der Waals surface area contributed by atoms with Crippen molar-refractivity contribution in [1.29, 1.82) is 0 Å². The predicted octanol–water partition coefficient (Wildman–Crippen LogP) is 3.59. The van der Waals surface area contributed by atoms with E-state index in [1.807, 2.05) is 24.3 Å². The van der Waals surface area contributed by atoms with E-state index in [0.29, 0.717) is 18.6 Å². The average molecular weight is 505 g/mol. The minimum atomic E-state index is 0. The van der Waals surface area contributed by atoms with Crippen molar-refractivity contribution < 1.29 is 14.2 Å². The Kier molecular flexibility index (Phi) is 12.5. The summed E-state index contributed by atoms with van der Waals surface area (Å²) in [7, 11) is 3.45. The number of guanidine groups is 1. The molecule has 1 aromatic carbocycles. The zero-order valence-corrected chi connectivity index (χ0v) is 19.8.